The molecule has 2 bridgehead atoms. The second kappa shape index (κ2) is 5.87. The summed E-state index contributed by atoms with van der Waals surface area (Å²) in [5, 5.41) is 10.7. The number of rotatable bonds is 4. The van der Waals surface area contributed by atoms with Gasteiger partial charge in [0, 0.05) is 37.8 Å². The van der Waals surface area contributed by atoms with E-state index in [0.29, 0.717) is 11.7 Å². The SMILES string of the molecule is O=[N+]([O-])c1ccc(N2C[C@@H]3C[C@H]2CN3Cc2ccccc2)c(F)c1. The predicted octanol–water partition coefficient (Wildman–Crippen LogP) is 3.20. The van der Waals surface area contributed by atoms with Gasteiger partial charge >= 0.3 is 0 Å². The van der Waals surface area contributed by atoms with Gasteiger partial charge in [0.1, 0.15) is 0 Å². The van der Waals surface area contributed by atoms with Gasteiger partial charge in [0.05, 0.1) is 16.7 Å². The summed E-state index contributed by atoms with van der Waals surface area (Å²) in [6, 6.07) is 15.0. The predicted molar refractivity (Wildman–Crippen MR) is 89.4 cm³/mol. The molecular formula is C18H18FN3O2. The Hall–Kier alpha value is -2.47. The number of hydrogen-bond acceptors (Lipinski definition) is 4. The molecule has 124 valence electrons. The van der Waals surface area contributed by atoms with E-state index in [1.165, 1.54) is 17.7 Å². The van der Waals surface area contributed by atoms with Crippen molar-refractivity contribution in [2.75, 3.05) is 18.0 Å². The van der Waals surface area contributed by atoms with E-state index in [0.717, 1.165) is 32.1 Å². The molecule has 2 aliphatic rings. The van der Waals surface area contributed by atoms with Gasteiger partial charge in [-0.3, -0.25) is 15.0 Å². The van der Waals surface area contributed by atoms with Crippen LogP contribution in [-0.4, -0.2) is 35.0 Å². The first kappa shape index (κ1) is 15.1. The van der Waals surface area contributed by atoms with Gasteiger partial charge in [-0.05, 0) is 18.1 Å². The number of benzene rings is 2. The van der Waals surface area contributed by atoms with Crippen LogP contribution in [0.15, 0.2) is 48.5 Å². The summed E-state index contributed by atoms with van der Waals surface area (Å²) in [4.78, 5) is 14.7. The maximum Gasteiger partial charge on any atom is 0.272 e. The van der Waals surface area contributed by atoms with Crippen LogP contribution in [0.3, 0.4) is 0 Å². The molecule has 4 rings (SSSR count). The van der Waals surface area contributed by atoms with Gasteiger partial charge in [-0.25, -0.2) is 4.39 Å². The molecular weight excluding hydrogens is 309 g/mol. The van der Waals surface area contributed by atoms with E-state index in [-0.39, 0.29) is 11.7 Å². The zero-order valence-corrected chi connectivity index (χ0v) is 13.1. The summed E-state index contributed by atoms with van der Waals surface area (Å²) in [5.41, 5.74) is 1.57. The van der Waals surface area contributed by atoms with E-state index in [4.69, 9.17) is 0 Å². The topological polar surface area (TPSA) is 49.6 Å². The van der Waals surface area contributed by atoms with Gasteiger partial charge in [-0.1, -0.05) is 30.3 Å². The second-order valence-corrected chi connectivity index (χ2v) is 6.50. The minimum absolute atomic E-state index is 0.202. The number of non-ortho nitro benzene ring substituents is 1. The smallest absolute Gasteiger partial charge is 0.272 e. The van der Waals surface area contributed by atoms with Crippen molar-refractivity contribution >= 4 is 11.4 Å². The van der Waals surface area contributed by atoms with Gasteiger partial charge in [0.15, 0.2) is 5.82 Å². The molecule has 0 amide bonds. The number of piperazine rings is 1. The quantitative estimate of drug-likeness (QED) is 0.639. The molecule has 2 aromatic carbocycles. The first-order chi connectivity index (χ1) is 11.6. The van der Waals surface area contributed by atoms with Crippen molar-refractivity contribution in [3.05, 3.63) is 70.0 Å². The number of likely N-dealkylation sites (tertiary alicyclic amines) is 1. The first-order valence-electron chi connectivity index (χ1n) is 8.10. The van der Waals surface area contributed by atoms with Crippen LogP contribution in [-0.2, 0) is 6.54 Å². The third-order valence-corrected chi connectivity index (χ3v) is 5.03. The van der Waals surface area contributed by atoms with Crippen LogP contribution < -0.4 is 4.90 Å². The molecule has 0 aliphatic carbocycles. The van der Waals surface area contributed by atoms with Crippen LogP contribution in [0.25, 0.3) is 0 Å². The molecule has 2 atom stereocenters. The van der Waals surface area contributed by atoms with E-state index in [1.54, 1.807) is 0 Å². The Morgan fingerprint density at radius 1 is 1.12 bits per heavy atom. The third kappa shape index (κ3) is 2.63. The molecule has 0 radical (unpaired) electrons. The number of anilines is 1. The van der Waals surface area contributed by atoms with E-state index in [9.17, 15) is 14.5 Å². The lowest BCUT2D eigenvalue weighted by Crippen LogP contribution is -2.46. The summed E-state index contributed by atoms with van der Waals surface area (Å²) < 4.78 is 14.3. The number of halogens is 1. The molecule has 0 aromatic heterocycles. The number of nitro groups is 1. The molecule has 0 N–H and O–H groups in total. The Morgan fingerprint density at radius 2 is 1.92 bits per heavy atom. The van der Waals surface area contributed by atoms with Crippen molar-refractivity contribution in [1.29, 1.82) is 0 Å². The van der Waals surface area contributed by atoms with Crippen molar-refractivity contribution in [3.63, 3.8) is 0 Å². The minimum Gasteiger partial charge on any atom is -0.363 e. The zero-order chi connectivity index (χ0) is 16.7. The molecule has 24 heavy (non-hydrogen) atoms. The lowest BCUT2D eigenvalue weighted by molar-refractivity contribution is -0.385. The minimum atomic E-state index is -0.565. The van der Waals surface area contributed by atoms with Crippen LogP contribution in [0, 0.1) is 15.9 Å². The maximum atomic E-state index is 14.3. The van der Waals surface area contributed by atoms with Gasteiger partial charge in [0.25, 0.3) is 5.69 Å². The molecule has 5 nitrogen and oxygen atoms in total. The molecule has 2 saturated heterocycles. The normalized spacial score (nSPS) is 23.0. The van der Waals surface area contributed by atoms with Crippen LogP contribution in [0.4, 0.5) is 15.8 Å². The number of hydrogen-bond donors (Lipinski definition) is 0. The second-order valence-electron chi connectivity index (χ2n) is 6.50. The van der Waals surface area contributed by atoms with Crippen LogP contribution in [0.2, 0.25) is 0 Å². The molecule has 6 heteroatoms. The maximum absolute atomic E-state index is 14.3. The molecule has 0 saturated carbocycles. The third-order valence-electron chi connectivity index (χ3n) is 5.03. The van der Waals surface area contributed by atoms with Crippen molar-refractivity contribution in [2.24, 2.45) is 0 Å². The highest BCUT2D eigenvalue weighted by Crippen LogP contribution is 2.37. The zero-order valence-electron chi connectivity index (χ0n) is 13.1. The molecule has 2 aromatic rings. The highest BCUT2D eigenvalue weighted by Gasteiger charge is 2.43. The summed E-state index contributed by atoms with van der Waals surface area (Å²) >= 11 is 0. The van der Waals surface area contributed by atoms with E-state index >= 15 is 0 Å². The summed E-state index contributed by atoms with van der Waals surface area (Å²) in [6.45, 7) is 2.58. The van der Waals surface area contributed by atoms with Crippen molar-refractivity contribution in [3.8, 4) is 0 Å². The lowest BCUT2D eigenvalue weighted by atomic mass is 10.2. The first-order valence-corrected chi connectivity index (χ1v) is 8.10. The summed E-state index contributed by atoms with van der Waals surface area (Å²) in [6.07, 6.45) is 1.02. The fourth-order valence-electron chi connectivity index (χ4n) is 3.90. The molecule has 2 fully saturated rings. The Morgan fingerprint density at radius 3 is 2.54 bits per heavy atom. The average molecular weight is 327 g/mol. The van der Waals surface area contributed by atoms with E-state index < -0.39 is 10.7 Å². The lowest BCUT2D eigenvalue weighted by Gasteiger charge is -2.35. The van der Waals surface area contributed by atoms with Crippen LogP contribution in [0.5, 0.6) is 0 Å². The highest BCUT2D eigenvalue weighted by molar-refractivity contribution is 5.55. The Balaban J connectivity index is 1.47. The Labute approximate surface area is 139 Å². The van der Waals surface area contributed by atoms with Gasteiger partial charge in [-0.15, -0.1) is 0 Å². The van der Waals surface area contributed by atoms with Crippen molar-refractivity contribution in [2.45, 2.75) is 25.0 Å². The largest absolute Gasteiger partial charge is 0.363 e. The Bertz CT molecular complexity index is 768. The molecule has 2 aliphatic heterocycles. The number of fused-ring (bicyclic) bond motifs is 2. The average Bonchev–Trinajstić information content (AvgIpc) is 3.15. The van der Waals surface area contributed by atoms with Crippen LogP contribution in [0.1, 0.15) is 12.0 Å². The molecule has 2 heterocycles. The van der Waals surface area contributed by atoms with Gasteiger partial charge in [-0.2, -0.15) is 0 Å². The van der Waals surface area contributed by atoms with E-state index in [1.807, 2.05) is 18.2 Å². The monoisotopic (exact) mass is 327 g/mol. The van der Waals surface area contributed by atoms with Crippen molar-refractivity contribution in [1.82, 2.24) is 4.90 Å². The van der Waals surface area contributed by atoms with E-state index in [2.05, 4.69) is 21.9 Å². The standard InChI is InChI=1S/C18H18FN3O2/c19-17-9-14(22(23)24)6-7-18(17)21-12-15-8-16(21)11-20(15)10-13-4-2-1-3-5-13/h1-7,9,15-16H,8,10-12H2/t15-,16-/m0/s1. The van der Waals surface area contributed by atoms with Crippen molar-refractivity contribution < 1.29 is 9.31 Å². The summed E-state index contributed by atoms with van der Waals surface area (Å²) in [7, 11) is 0. The van der Waals surface area contributed by atoms with Crippen LogP contribution >= 0.6 is 0 Å². The highest BCUT2D eigenvalue weighted by atomic mass is 19.1. The fraction of sp³-hybridized carbons (Fsp3) is 0.333. The molecule has 0 spiro atoms. The van der Waals surface area contributed by atoms with Gasteiger partial charge in [0.2, 0.25) is 0 Å². The summed E-state index contributed by atoms with van der Waals surface area (Å²) in [5.74, 6) is -0.508. The molecule has 0 unspecified atom stereocenters. The van der Waals surface area contributed by atoms with Gasteiger partial charge < -0.3 is 4.90 Å². The fourth-order valence-corrected chi connectivity index (χ4v) is 3.90. The Kier molecular flexibility index (Phi) is 3.69. The number of nitrogens with zero attached hydrogens (tertiary/aromatic N) is 3. The number of nitro benzene ring substituents is 1.